The van der Waals surface area contributed by atoms with Gasteiger partial charge in [-0.25, -0.2) is 4.39 Å². The highest BCUT2D eigenvalue weighted by atomic mass is 19.1. The van der Waals surface area contributed by atoms with Crippen LogP contribution in [-0.4, -0.2) is 48.9 Å². The number of amides is 3. The maximum atomic E-state index is 13.1. The maximum absolute atomic E-state index is 13.1. The van der Waals surface area contributed by atoms with Gasteiger partial charge in [-0.15, -0.1) is 0 Å². The van der Waals surface area contributed by atoms with Crippen molar-refractivity contribution in [1.82, 2.24) is 10.2 Å². The lowest BCUT2D eigenvalue weighted by Crippen LogP contribution is -2.58. The number of carbonyl (C=O) groups is 3. The van der Waals surface area contributed by atoms with Crippen LogP contribution in [0.2, 0.25) is 0 Å². The molecule has 0 bridgehead atoms. The lowest BCUT2D eigenvalue weighted by Gasteiger charge is -2.34. The van der Waals surface area contributed by atoms with Gasteiger partial charge in [-0.1, -0.05) is 0 Å². The van der Waals surface area contributed by atoms with E-state index in [1.807, 2.05) is 0 Å². The zero-order valence-corrected chi connectivity index (χ0v) is 15.3. The fourth-order valence-electron chi connectivity index (χ4n) is 2.98. The molecule has 1 atom stereocenters. The summed E-state index contributed by atoms with van der Waals surface area (Å²) in [5.74, 6) is -1.02. The first-order chi connectivity index (χ1) is 13.5. The molecule has 7 nitrogen and oxygen atoms in total. The molecule has 2 N–H and O–H groups in total. The molecular formula is C20H20FN3O4. The van der Waals surface area contributed by atoms with Crippen LogP contribution in [0.4, 0.5) is 10.1 Å². The van der Waals surface area contributed by atoms with Gasteiger partial charge in [0.05, 0.1) is 13.5 Å². The van der Waals surface area contributed by atoms with Crippen molar-refractivity contribution in [2.24, 2.45) is 0 Å². The predicted octanol–water partition coefficient (Wildman–Crippen LogP) is 1.80. The molecule has 3 rings (SSSR count). The molecule has 146 valence electrons. The minimum Gasteiger partial charge on any atom is -0.497 e. The molecule has 8 heteroatoms. The number of methoxy groups -OCH3 is 1. The number of piperazine rings is 1. The van der Waals surface area contributed by atoms with Gasteiger partial charge in [0.1, 0.15) is 17.6 Å². The van der Waals surface area contributed by atoms with Gasteiger partial charge in [0.25, 0.3) is 5.91 Å². The summed E-state index contributed by atoms with van der Waals surface area (Å²) in [5.41, 5.74) is 0.815. The molecule has 1 aliphatic heterocycles. The second kappa shape index (κ2) is 8.51. The normalized spacial score (nSPS) is 16.3. The van der Waals surface area contributed by atoms with Crippen molar-refractivity contribution in [3.63, 3.8) is 0 Å². The van der Waals surface area contributed by atoms with E-state index in [1.165, 1.54) is 29.2 Å². The number of ether oxygens (including phenoxy) is 1. The average molecular weight is 385 g/mol. The van der Waals surface area contributed by atoms with E-state index in [1.54, 1.807) is 31.4 Å². The fourth-order valence-corrected chi connectivity index (χ4v) is 2.98. The van der Waals surface area contributed by atoms with Crippen molar-refractivity contribution in [1.29, 1.82) is 0 Å². The highest BCUT2D eigenvalue weighted by Crippen LogP contribution is 2.18. The Hall–Kier alpha value is -3.42. The molecule has 1 heterocycles. The molecule has 0 saturated carbocycles. The Morgan fingerprint density at radius 2 is 1.86 bits per heavy atom. The molecular weight excluding hydrogens is 365 g/mol. The van der Waals surface area contributed by atoms with Gasteiger partial charge >= 0.3 is 0 Å². The van der Waals surface area contributed by atoms with E-state index in [2.05, 4.69) is 10.6 Å². The van der Waals surface area contributed by atoms with E-state index in [0.717, 1.165) is 0 Å². The van der Waals surface area contributed by atoms with Crippen LogP contribution in [0.25, 0.3) is 0 Å². The van der Waals surface area contributed by atoms with Crippen LogP contribution in [0.3, 0.4) is 0 Å². The van der Waals surface area contributed by atoms with Crippen LogP contribution in [0, 0.1) is 5.82 Å². The molecule has 3 amide bonds. The number of nitrogens with zero attached hydrogens (tertiary/aromatic N) is 1. The third-order valence-electron chi connectivity index (χ3n) is 4.44. The topological polar surface area (TPSA) is 87.7 Å². The SMILES string of the molecule is COc1ccc(NC(=O)C[C@H]2C(=O)NCCN2C(=O)c2ccc(F)cc2)cc1. The number of hydrogen-bond acceptors (Lipinski definition) is 4. The second-order valence-corrected chi connectivity index (χ2v) is 6.29. The van der Waals surface area contributed by atoms with Gasteiger partial charge in [-0.2, -0.15) is 0 Å². The third-order valence-corrected chi connectivity index (χ3v) is 4.44. The Morgan fingerprint density at radius 3 is 2.50 bits per heavy atom. The number of carbonyl (C=O) groups excluding carboxylic acids is 3. The van der Waals surface area contributed by atoms with Crippen LogP contribution in [0.1, 0.15) is 16.8 Å². The molecule has 1 fully saturated rings. The van der Waals surface area contributed by atoms with Gasteiger partial charge in [0.15, 0.2) is 0 Å². The van der Waals surface area contributed by atoms with E-state index in [4.69, 9.17) is 4.74 Å². The number of benzene rings is 2. The van der Waals surface area contributed by atoms with Crippen molar-refractivity contribution in [3.8, 4) is 5.75 Å². The summed E-state index contributed by atoms with van der Waals surface area (Å²) in [6, 6.07) is 10.9. The Morgan fingerprint density at radius 1 is 1.18 bits per heavy atom. The van der Waals surface area contributed by atoms with Crippen molar-refractivity contribution in [2.45, 2.75) is 12.5 Å². The Kier molecular flexibility index (Phi) is 5.88. The van der Waals surface area contributed by atoms with E-state index in [-0.39, 0.29) is 18.5 Å². The highest BCUT2D eigenvalue weighted by Gasteiger charge is 2.35. The van der Waals surface area contributed by atoms with Gasteiger partial charge in [0, 0.05) is 24.3 Å². The molecule has 2 aromatic carbocycles. The van der Waals surface area contributed by atoms with Crippen LogP contribution in [-0.2, 0) is 9.59 Å². The fraction of sp³-hybridized carbons (Fsp3) is 0.250. The number of anilines is 1. The van der Waals surface area contributed by atoms with Gasteiger partial charge in [-0.3, -0.25) is 14.4 Å². The van der Waals surface area contributed by atoms with E-state index < -0.39 is 29.6 Å². The summed E-state index contributed by atoms with van der Waals surface area (Å²) in [7, 11) is 1.54. The summed E-state index contributed by atoms with van der Waals surface area (Å²) in [4.78, 5) is 38.8. The largest absolute Gasteiger partial charge is 0.497 e. The lowest BCUT2D eigenvalue weighted by atomic mass is 10.1. The van der Waals surface area contributed by atoms with Crippen LogP contribution in [0.5, 0.6) is 5.75 Å². The van der Waals surface area contributed by atoms with Crippen LogP contribution < -0.4 is 15.4 Å². The van der Waals surface area contributed by atoms with Crippen molar-refractivity contribution in [2.75, 3.05) is 25.5 Å². The number of hydrogen-bond donors (Lipinski definition) is 2. The summed E-state index contributed by atoms with van der Waals surface area (Å²) in [5, 5.41) is 5.38. The molecule has 28 heavy (non-hydrogen) atoms. The Bertz CT molecular complexity index is 868. The first-order valence-corrected chi connectivity index (χ1v) is 8.76. The standard InChI is InChI=1S/C20H20FN3O4/c1-28-16-8-6-15(7-9-16)23-18(25)12-17-19(26)22-10-11-24(17)20(27)13-2-4-14(21)5-3-13/h2-9,17H,10-12H2,1H3,(H,22,26)(H,23,25)/t17-/m0/s1. The quantitative estimate of drug-likeness (QED) is 0.822. The van der Waals surface area contributed by atoms with Gasteiger partial charge in [-0.05, 0) is 48.5 Å². The number of nitrogens with one attached hydrogen (secondary N) is 2. The minimum absolute atomic E-state index is 0.190. The monoisotopic (exact) mass is 385 g/mol. The molecule has 1 saturated heterocycles. The lowest BCUT2D eigenvalue weighted by molar-refractivity contribution is -0.131. The molecule has 0 aliphatic carbocycles. The summed E-state index contributed by atoms with van der Waals surface area (Å²) < 4.78 is 18.2. The maximum Gasteiger partial charge on any atom is 0.254 e. The predicted molar refractivity (Wildman–Crippen MR) is 100 cm³/mol. The van der Waals surface area contributed by atoms with Crippen molar-refractivity contribution >= 4 is 23.4 Å². The van der Waals surface area contributed by atoms with Crippen molar-refractivity contribution in [3.05, 3.63) is 59.9 Å². The molecule has 1 aliphatic rings. The first-order valence-electron chi connectivity index (χ1n) is 8.76. The average Bonchev–Trinajstić information content (AvgIpc) is 2.70. The third kappa shape index (κ3) is 4.46. The second-order valence-electron chi connectivity index (χ2n) is 6.29. The van der Waals surface area contributed by atoms with E-state index >= 15 is 0 Å². The van der Waals surface area contributed by atoms with E-state index in [9.17, 15) is 18.8 Å². The minimum atomic E-state index is -0.940. The smallest absolute Gasteiger partial charge is 0.254 e. The Balaban J connectivity index is 1.71. The highest BCUT2D eigenvalue weighted by molar-refractivity contribution is 6.01. The molecule has 0 radical (unpaired) electrons. The zero-order valence-electron chi connectivity index (χ0n) is 15.3. The van der Waals surface area contributed by atoms with E-state index in [0.29, 0.717) is 18.0 Å². The summed E-state index contributed by atoms with van der Waals surface area (Å²) >= 11 is 0. The first kappa shape index (κ1) is 19.3. The zero-order chi connectivity index (χ0) is 20.1. The van der Waals surface area contributed by atoms with Gasteiger partial charge in [0.2, 0.25) is 11.8 Å². The van der Waals surface area contributed by atoms with Gasteiger partial charge < -0.3 is 20.3 Å². The molecule has 0 unspecified atom stereocenters. The number of rotatable bonds is 5. The van der Waals surface area contributed by atoms with Crippen molar-refractivity contribution < 1.29 is 23.5 Å². The molecule has 0 aromatic heterocycles. The molecule has 0 spiro atoms. The Labute approximate surface area is 161 Å². The van der Waals surface area contributed by atoms with Crippen LogP contribution in [0.15, 0.2) is 48.5 Å². The summed E-state index contributed by atoms with van der Waals surface area (Å²) in [6.45, 7) is 0.560. The molecule has 2 aromatic rings. The number of halogens is 1. The summed E-state index contributed by atoms with van der Waals surface area (Å²) in [6.07, 6.45) is -0.190. The van der Waals surface area contributed by atoms with Crippen LogP contribution >= 0.6 is 0 Å².